The summed E-state index contributed by atoms with van der Waals surface area (Å²) in [7, 11) is 0. The molecule has 0 aromatic heterocycles. The van der Waals surface area contributed by atoms with Crippen molar-refractivity contribution in [2.75, 3.05) is 13.2 Å². The topological polar surface area (TPSA) is 29.5 Å². The second kappa shape index (κ2) is 3.48. The molecule has 0 atom stereocenters. The van der Waals surface area contributed by atoms with Crippen LogP contribution in [0.4, 0.5) is 0 Å². The van der Waals surface area contributed by atoms with E-state index in [0.717, 1.165) is 5.56 Å². The van der Waals surface area contributed by atoms with Crippen molar-refractivity contribution in [2.45, 2.75) is 18.4 Å². The van der Waals surface area contributed by atoms with Gasteiger partial charge in [0.1, 0.15) is 0 Å². The monoisotopic (exact) mass is 177 g/mol. The van der Waals surface area contributed by atoms with Gasteiger partial charge in [0, 0.05) is 26.1 Å². The van der Waals surface area contributed by atoms with Crippen LogP contribution in [0.15, 0.2) is 24.3 Å². The maximum absolute atomic E-state index is 10.2. The highest BCUT2D eigenvalue weighted by atomic mass is 16.5. The Morgan fingerprint density at radius 3 is 2.46 bits per heavy atom. The maximum atomic E-state index is 10.2. The first-order valence-electron chi connectivity index (χ1n) is 4.58. The van der Waals surface area contributed by atoms with Gasteiger partial charge in [-0.25, -0.2) is 0 Å². The SMILES string of the molecule is OC1(c2cc[c]cc2)CCOCC1. The molecule has 2 heteroatoms. The Kier molecular flexibility index (Phi) is 2.34. The molecule has 1 radical (unpaired) electrons. The van der Waals surface area contributed by atoms with Crippen molar-refractivity contribution in [2.24, 2.45) is 0 Å². The largest absolute Gasteiger partial charge is 0.385 e. The van der Waals surface area contributed by atoms with Gasteiger partial charge in [-0.3, -0.25) is 0 Å². The average molecular weight is 177 g/mol. The fourth-order valence-corrected chi connectivity index (χ4v) is 1.69. The molecule has 0 saturated carbocycles. The Hall–Kier alpha value is -0.860. The fourth-order valence-electron chi connectivity index (χ4n) is 1.69. The molecule has 1 fully saturated rings. The minimum Gasteiger partial charge on any atom is -0.385 e. The van der Waals surface area contributed by atoms with E-state index in [4.69, 9.17) is 4.74 Å². The number of aliphatic hydroxyl groups is 1. The van der Waals surface area contributed by atoms with Gasteiger partial charge in [0.25, 0.3) is 0 Å². The third-order valence-electron chi connectivity index (χ3n) is 2.58. The Labute approximate surface area is 78.2 Å². The summed E-state index contributed by atoms with van der Waals surface area (Å²) in [6, 6.07) is 10.5. The van der Waals surface area contributed by atoms with Gasteiger partial charge in [-0.15, -0.1) is 0 Å². The molecule has 1 heterocycles. The Bertz CT molecular complexity index is 263. The highest BCUT2D eigenvalue weighted by Crippen LogP contribution is 2.31. The standard InChI is InChI=1S/C11H13O2/c12-11(6-8-13-9-7-11)10-4-2-1-3-5-10/h2-5,12H,6-9H2. The second-order valence-corrected chi connectivity index (χ2v) is 3.43. The normalized spacial score (nSPS) is 21.3. The first-order valence-corrected chi connectivity index (χ1v) is 4.58. The summed E-state index contributed by atoms with van der Waals surface area (Å²) in [6.45, 7) is 1.30. The van der Waals surface area contributed by atoms with Crippen molar-refractivity contribution in [1.29, 1.82) is 0 Å². The Balaban J connectivity index is 2.23. The van der Waals surface area contributed by atoms with Gasteiger partial charge in [0.2, 0.25) is 0 Å². The van der Waals surface area contributed by atoms with Crippen molar-refractivity contribution in [3.05, 3.63) is 35.9 Å². The zero-order valence-electron chi connectivity index (χ0n) is 7.49. The number of hydrogen-bond acceptors (Lipinski definition) is 2. The van der Waals surface area contributed by atoms with E-state index in [2.05, 4.69) is 6.07 Å². The van der Waals surface area contributed by atoms with Crippen LogP contribution in [0.2, 0.25) is 0 Å². The van der Waals surface area contributed by atoms with E-state index in [-0.39, 0.29) is 0 Å². The summed E-state index contributed by atoms with van der Waals surface area (Å²) in [5.74, 6) is 0. The lowest BCUT2D eigenvalue weighted by Crippen LogP contribution is -2.33. The van der Waals surface area contributed by atoms with E-state index in [1.165, 1.54) is 0 Å². The summed E-state index contributed by atoms with van der Waals surface area (Å²) in [5, 5.41) is 10.2. The minimum atomic E-state index is -0.673. The van der Waals surface area contributed by atoms with Crippen molar-refractivity contribution in [3.8, 4) is 0 Å². The second-order valence-electron chi connectivity index (χ2n) is 3.43. The summed E-state index contributed by atoms with van der Waals surface area (Å²) in [4.78, 5) is 0. The molecule has 1 aliphatic heterocycles. The van der Waals surface area contributed by atoms with Gasteiger partial charge < -0.3 is 9.84 Å². The quantitative estimate of drug-likeness (QED) is 0.704. The van der Waals surface area contributed by atoms with Crippen molar-refractivity contribution in [3.63, 3.8) is 0 Å². The van der Waals surface area contributed by atoms with Crippen LogP contribution < -0.4 is 0 Å². The molecule has 1 aromatic rings. The van der Waals surface area contributed by atoms with E-state index < -0.39 is 5.60 Å². The van der Waals surface area contributed by atoms with E-state index >= 15 is 0 Å². The lowest BCUT2D eigenvalue weighted by atomic mass is 9.87. The molecule has 1 aromatic carbocycles. The summed E-state index contributed by atoms with van der Waals surface area (Å²) < 4.78 is 5.22. The van der Waals surface area contributed by atoms with E-state index in [9.17, 15) is 5.11 Å². The van der Waals surface area contributed by atoms with Gasteiger partial charge >= 0.3 is 0 Å². The average Bonchev–Trinajstić information content (AvgIpc) is 2.20. The maximum Gasteiger partial charge on any atom is 0.0940 e. The molecule has 0 unspecified atom stereocenters. The number of benzene rings is 1. The Morgan fingerprint density at radius 1 is 1.23 bits per heavy atom. The number of hydrogen-bond donors (Lipinski definition) is 1. The molecule has 13 heavy (non-hydrogen) atoms. The third-order valence-corrected chi connectivity index (χ3v) is 2.58. The lowest BCUT2D eigenvalue weighted by molar-refractivity contribution is -0.0679. The van der Waals surface area contributed by atoms with Crippen LogP contribution in [0.3, 0.4) is 0 Å². The van der Waals surface area contributed by atoms with Gasteiger partial charge in [-0.2, -0.15) is 0 Å². The molecule has 0 spiro atoms. The van der Waals surface area contributed by atoms with Gasteiger partial charge in [0.05, 0.1) is 5.60 Å². The van der Waals surface area contributed by atoms with Crippen LogP contribution in [0.1, 0.15) is 18.4 Å². The molecule has 69 valence electrons. The molecule has 0 bridgehead atoms. The first kappa shape index (κ1) is 8.73. The van der Waals surface area contributed by atoms with E-state index in [1.54, 1.807) is 0 Å². The molecule has 1 saturated heterocycles. The van der Waals surface area contributed by atoms with Crippen LogP contribution >= 0.6 is 0 Å². The fraction of sp³-hybridized carbons (Fsp3) is 0.455. The highest BCUT2D eigenvalue weighted by Gasteiger charge is 2.31. The van der Waals surface area contributed by atoms with E-state index in [0.29, 0.717) is 26.1 Å². The van der Waals surface area contributed by atoms with Gasteiger partial charge in [-0.05, 0) is 11.6 Å². The van der Waals surface area contributed by atoms with Crippen LogP contribution in [0, 0.1) is 6.07 Å². The molecule has 2 nitrogen and oxygen atoms in total. The third kappa shape index (κ3) is 1.74. The van der Waals surface area contributed by atoms with Crippen LogP contribution in [0.5, 0.6) is 0 Å². The molecular weight excluding hydrogens is 164 g/mol. The molecule has 1 N–H and O–H groups in total. The molecule has 2 rings (SSSR count). The summed E-state index contributed by atoms with van der Waals surface area (Å²) in [5.41, 5.74) is 0.308. The zero-order chi connectivity index (χ0) is 9.15. The molecule has 0 aliphatic carbocycles. The van der Waals surface area contributed by atoms with Crippen molar-refractivity contribution < 1.29 is 9.84 Å². The van der Waals surface area contributed by atoms with Crippen molar-refractivity contribution >= 4 is 0 Å². The molecule has 1 aliphatic rings. The summed E-state index contributed by atoms with van der Waals surface area (Å²) in [6.07, 6.45) is 1.38. The van der Waals surface area contributed by atoms with Gasteiger partial charge in [-0.1, -0.05) is 24.3 Å². The van der Waals surface area contributed by atoms with E-state index in [1.807, 2.05) is 24.3 Å². The van der Waals surface area contributed by atoms with Crippen LogP contribution in [-0.4, -0.2) is 18.3 Å². The predicted molar refractivity (Wildman–Crippen MR) is 49.2 cm³/mol. The smallest absolute Gasteiger partial charge is 0.0940 e. The zero-order valence-corrected chi connectivity index (χ0v) is 7.49. The number of rotatable bonds is 1. The minimum absolute atomic E-state index is 0.648. The highest BCUT2D eigenvalue weighted by molar-refractivity contribution is 5.21. The lowest BCUT2D eigenvalue weighted by Gasteiger charge is -2.32. The molecular formula is C11H13O2. The van der Waals surface area contributed by atoms with Gasteiger partial charge in [0.15, 0.2) is 0 Å². The van der Waals surface area contributed by atoms with Crippen LogP contribution in [0.25, 0.3) is 0 Å². The molecule has 0 amide bonds. The summed E-state index contributed by atoms with van der Waals surface area (Å²) >= 11 is 0. The first-order chi connectivity index (χ1) is 6.31. The Morgan fingerprint density at radius 2 is 1.85 bits per heavy atom. The predicted octanol–water partition coefficient (Wildman–Crippen LogP) is 1.48. The van der Waals surface area contributed by atoms with Crippen molar-refractivity contribution in [1.82, 2.24) is 0 Å². The van der Waals surface area contributed by atoms with Crippen LogP contribution in [-0.2, 0) is 10.3 Å². The number of ether oxygens (including phenoxy) is 1.